The van der Waals surface area contributed by atoms with E-state index in [4.69, 9.17) is 9.57 Å². The number of allylic oxidation sites excluding steroid dienone is 8. The van der Waals surface area contributed by atoms with Crippen LogP contribution >= 0.6 is 0 Å². The number of fused-ring (bicyclic) bond motifs is 1. The SMILES string of the molecule is C=C(/C=C/C1=C(Oc2ccc(S(=O)(=O)O)cc2)C(=C/C=C2/N(CCCCCC(=O)ON3C(=O)CCC3=O)c3ccccc3C2(C)C)/CCC1)C(C)(C)c1ccccc1C. The van der Waals surface area contributed by atoms with Gasteiger partial charge in [0.15, 0.2) is 0 Å². The molecule has 6 rings (SSSR count). The van der Waals surface area contributed by atoms with Crippen molar-refractivity contribution in [2.45, 2.75) is 108 Å². The number of rotatable bonds is 15. The van der Waals surface area contributed by atoms with Gasteiger partial charge in [-0.3, -0.25) is 14.1 Å². The second-order valence-electron chi connectivity index (χ2n) is 16.4. The Morgan fingerprint density at radius 1 is 0.898 bits per heavy atom. The molecule has 59 heavy (non-hydrogen) atoms. The molecule has 310 valence electrons. The predicted molar refractivity (Wildman–Crippen MR) is 229 cm³/mol. The average molecular weight is 819 g/mol. The van der Waals surface area contributed by atoms with Crippen LogP contribution < -0.4 is 9.64 Å². The summed E-state index contributed by atoms with van der Waals surface area (Å²) in [5.41, 5.74) is 8.14. The molecule has 1 fully saturated rings. The number of amides is 2. The summed E-state index contributed by atoms with van der Waals surface area (Å²) >= 11 is 0. The minimum Gasteiger partial charge on any atom is -0.457 e. The largest absolute Gasteiger partial charge is 0.457 e. The van der Waals surface area contributed by atoms with Gasteiger partial charge in [0.1, 0.15) is 11.5 Å². The Balaban J connectivity index is 1.28. The summed E-state index contributed by atoms with van der Waals surface area (Å²) in [5, 5.41) is 0.595. The molecular weight excluding hydrogens is 765 g/mol. The quantitative estimate of drug-likeness (QED) is 0.0689. The third-order valence-electron chi connectivity index (χ3n) is 11.6. The highest BCUT2D eigenvalue weighted by Gasteiger charge is 2.39. The summed E-state index contributed by atoms with van der Waals surface area (Å²) < 4.78 is 39.8. The van der Waals surface area contributed by atoms with Crippen molar-refractivity contribution in [1.29, 1.82) is 0 Å². The first-order chi connectivity index (χ1) is 28.0. The van der Waals surface area contributed by atoms with Gasteiger partial charge in [-0.1, -0.05) is 101 Å². The Morgan fingerprint density at radius 3 is 2.27 bits per heavy atom. The number of hydrogen-bond donors (Lipinski definition) is 1. The first kappa shape index (κ1) is 43.1. The summed E-state index contributed by atoms with van der Waals surface area (Å²) in [4.78, 5) is 43.3. The van der Waals surface area contributed by atoms with Gasteiger partial charge in [0, 0.05) is 48.0 Å². The molecule has 1 saturated heterocycles. The molecule has 11 heteroatoms. The highest BCUT2D eigenvalue weighted by molar-refractivity contribution is 7.85. The standard InChI is InChI=1S/C48H54N2O8S/c1-33-15-9-10-18-39(33)47(3,4)34(2)22-23-35-16-14-17-36(46(35)57-37-25-27-38(28-26-37)59(54,55)56)24-29-42-48(5,6)40-19-11-12-20-41(40)49(42)32-13-7-8-21-45(53)58-50-43(51)30-31-44(50)52/h9-12,15,18-20,22-29H,2,7-8,13-14,16-17,21,30-32H2,1,3-6H3,(H,54,55,56)/b23-22+,36-24+,42-29+. The number of para-hydroxylation sites is 1. The van der Waals surface area contributed by atoms with Crippen molar-refractivity contribution < 1.29 is 36.9 Å². The fourth-order valence-corrected chi connectivity index (χ4v) is 8.57. The third kappa shape index (κ3) is 9.69. The molecule has 0 radical (unpaired) electrons. The van der Waals surface area contributed by atoms with Crippen molar-refractivity contribution in [2.24, 2.45) is 0 Å². The number of benzene rings is 3. The van der Waals surface area contributed by atoms with Crippen LogP contribution in [0.1, 0.15) is 102 Å². The van der Waals surface area contributed by atoms with E-state index in [0.717, 1.165) is 60.2 Å². The van der Waals surface area contributed by atoms with Crippen LogP contribution in [0.2, 0.25) is 0 Å². The van der Waals surface area contributed by atoms with E-state index in [9.17, 15) is 27.4 Å². The Bertz CT molecular complexity index is 2350. The zero-order valence-corrected chi connectivity index (χ0v) is 35.4. The van der Waals surface area contributed by atoms with Crippen molar-refractivity contribution in [3.05, 3.63) is 149 Å². The zero-order valence-electron chi connectivity index (χ0n) is 34.6. The summed E-state index contributed by atoms with van der Waals surface area (Å²) in [6, 6.07) is 22.5. The van der Waals surface area contributed by atoms with Crippen molar-refractivity contribution in [3.63, 3.8) is 0 Å². The van der Waals surface area contributed by atoms with E-state index in [1.807, 2.05) is 18.2 Å². The van der Waals surface area contributed by atoms with Crippen molar-refractivity contribution >= 4 is 33.6 Å². The lowest BCUT2D eigenvalue weighted by molar-refractivity contribution is -0.197. The molecule has 0 spiro atoms. The zero-order chi connectivity index (χ0) is 42.5. The maximum Gasteiger partial charge on any atom is 0.333 e. The van der Waals surface area contributed by atoms with Crippen molar-refractivity contribution in [1.82, 2.24) is 5.06 Å². The summed E-state index contributed by atoms with van der Waals surface area (Å²) in [7, 11) is -4.37. The van der Waals surface area contributed by atoms with Gasteiger partial charge < -0.3 is 14.5 Å². The maximum absolute atomic E-state index is 12.4. The molecule has 0 bridgehead atoms. The van der Waals surface area contributed by atoms with Crippen molar-refractivity contribution in [3.8, 4) is 5.75 Å². The lowest BCUT2D eigenvalue weighted by Crippen LogP contribution is -2.32. The number of hydrogen-bond acceptors (Lipinski definition) is 8. The third-order valence-corrected chi connectivity index (χ3v) is 12.5. The minimum absolute atomic E-state index is 0.0617. The van der Waals surface area contributed by atoms with Gasteiger partial charge in [0.2, 0.25) is 0 Å². The van der Waals surface area contributed by atoms with E-state index in [1.165, 1.54) is 28.8 Å². The van der Waals surface area contributed by atoms with Crippen LogP contribution in [0.4, 0.5) is 5.69 Å². The molecule has 3 aromatic carbocycles. The van der Waals surface area contributed by atoms with Gasteiger partial charge in [-0.25, -0.2) is 4.79 Å². The lowest BCUT2D eigenvalue weighted by atomic mass is 9.76. The van der Waals surface area contributed by atoms with E-state index in [-0.39, 0.29) is 35.0 Å². The van der Waals surface area contributed by atoms with Crippen LogP contribution in [-0.2, 0) is 40.2 Å². The Hall–Kier alpha value is -5.52. The highest BCUT2D eigenvalue weighted by Crippen LogP contribution is 2.48. The molecule has 0 unspecified atom stereocenters. The molecule has 0 atom stereocenters. The van der Waals surface area contributed by atoms with Crippen molar-refractivity contribution in [2.75, 3.05) is 11.4 Å². The molecular formula is C48H54N2O8S. The summed E-state index contributed by atoms with van der Waals surface area (Å²) in [6.07, 6.45) is 13.2. The van der Waals surface area contributed by atoms with Gasteiger partial charge in [0.25, 0.3) is 21.9 Å². The average Bonchev–Trinajstić information content (AvgIpc) is 3.62. The van der Waals surface area contributed by atoms with Crippen LogP contribution in [0.15, 0.2) is 137 Å². The van der Waals surface area contributed by atoms with Crippen LogP contribution in [0, 0.1) is 6.92 Å². The van der Waals surface area contributed by atoms with Gasteiger partial charge in [0.05, 0.1) is 4.90 Å². The molecule has 2 amide bonds. The van der Waals surface area contributed by atoms with Crippen LogP contribution in [0.5, 0.6) is 5.75 Å². The number of anilines is 1. The number of aryl methyl sites for hydroxylation is 1. The van der Waals surface area contributed by atoms with Crippen LogP contribution in [-0.4, -0.2) is 42.4 Å². The number of unbranched alkanes of at least 4 members (excludes halogenated alkanes) is 2. The molecule has 1 aliphatic carbocycles. The smallest absolute Gasteiger partial charge is 0.333 e. The molecule has 2 heterocycles. The molecule has 1 N–H and O–H groups in total. The molecule has 0 saturated carbocycles. The molecule has 3 aromatic rings. The summed E-state index contributed by atoms with van der Waals surface area (Å²) in [6.45, 7) is 16.1. The first-order valence-corrected chi connectivity index (χ1v) is 21.7. The van der Waals surface area contributed by atoms with Gasteiger partial charge in [-0.2, -0.15) is 8.42 Å². The van der Waals surface area contributed by atoms with E-state index in [0.29, 0.717) is 29.5 Å². The molecule has 2 aliphatic heterocycles. The highest BCUT2D eigenvalue weighted by atomic mass is 32.2. The van der Waals surface area contributed by atoms with E-state index in [2.05, 4.69) is 101 Å². The minimum atomic E-state index is -4.37. The fourth-order valence-electron chi connectivity index (χ4n) is 8.09. The normalized spacial score (nSPS) is 18.3. The van der Waals surface area contributed by atoms with E-state index < -0.39 is 27.9 Å². The monoisotopic (exact) mass is 818 g/mol. The maximum atomic E-state index is 12.4. The fraction of sp³-hybridized carbons (Fsp3) is 0.354. The van der Waals surface area contributed by atoms with Gasteiger partial charge >= 0.3 is 5.97 Å². The Kier molecular flexibility index (Phi) is 13.0. The van der Waals surface area contributed by atoms with Crippen LogP contribution in [0.3, 0.4) is 0 Å². The summed E-state index contributed by atoms with van der Waals surface area (Å²) in [5.74, 6) is -0.428. The number of carbonyl (C=O) groups is 3. The predicted octanol–water partition coefficient (Wildman–Crippen LogP) is 9.92. The number of carbonyl (C=O) groups excluding carboxylic acids is 3. The lowest BCUT2D eigenvalue weighted by Gasteiger charge is -2.28. The number of hydroxylamine groups is 2. The topological polar surface area (TPSA) is 131 Å². The molecule has 0 aromatic heterocycles. The second kappa shape index (κ2) is 17.8. The second-order valence-corrected chi connectivity index (χ2v) is 17.9. The van der Waals surface area contributed by atoms with Crippen LogP contribution in [0.25, 0.3) is 0 Å². The Labute approximate surface area is 348 Å². The van der Waals surface area contributed by atoms with Gasteiger partial charge in [-0.15, -0.1) is 5.06 Å². The van der Waals surface area contributed by atoms with Gasteiger partial charge in [-0.05, 0) is 109 Å². The van der Waals surface area contributed by atoms with E-state index in [1.54, 1.807) is 12.1 Å². The number of imide groups is 1. The first-order valence-electron chi connectivity index (χ1n) is 20.3. The number of nitrogens with zero attached hydrogens (tertiary/aromatic N) is 2. The van der Waals surface area contributed by atoms with E-state index >= 15 is 0 Å². The Morgan fingerprint density at radius 2 is 1.58 bits per heavy atom. The number of ether oxygens (including phenoxy) is 1. The molecule has 10 nitrogen and oxygen atoms in total. The molecule has 3 aliphatic rings.